The zero-order valence-electron chi connectivity index (χ0n) is 14.6. The second kappa shape index (κ2) is 8.30. The Morgan fingerprint density at radius 2 is 1.71 bits per heavy atom. The number of alkyl halides is 3. The van der Waals surface area contributed by atoms with E-state index in [1.807, 2.05) is 0 Å². The van der Waals surface area contributed by atoms with Gasteiger partial charge in [-0.15, -0.1) is 11.3 Å². The van der Waals surface area contributed by atoms with E-state index in [4.69, 9.17) is 10.5 Å². The summed E-state index contributed by atoms with van der Waals surface area (Å²) >= 11 is 0.733. The van der Waals surface area contributed by atoms with Crippen molar-refractivity contribution in [3.63, 3.8) is 0 Å². The number of nitrogens with two attached hydrogens (primary N) is 1. The number of anilines is 1. The maximum Gasteiger partial charge on any atom is 0.416 e. The highest BCUT2D eigenvalue weighted by molar-refractivity contribution is 7.18. The van der Waals surface area contributed by atoms with Crippen LogP contribution < -0.4 is 5.73 Å². The van der Waals surface area contributed by atoms with E-state index in [0.717, 1.165) is 43.8 Å². The highest BCUT2D eigenvalue weighted by Gasteiger charge is 2.31. The largest absolute Gasteiger partial charge is 0.465 e. The van der Waals surface area contributed by atoms with E-state index in [-0.39, 0.29) is 26.6 Å². The second-order valence-corrected chi connectivity index (χ2v) is 6.34. The highest BCUT2D eigenvalue weighted by atomic mass is 32.1. The van der Waals surface area contributed by atoms with Crippen molar-refractivity contribution in [1.82, 2.24) is 0 Å². The van der Waals surface area contributed by atoms with E-state index >= 15 is 0 Å². The first kappa shape index (κ1) is 21.2. The predicted octanol–water partition coefficient (Wildman–Crippen LogP) is 3.28. The average Bonchev–Trinajstić information content (AvgIpc) is 3.00. The van der Waals surface area contributed by atoms with Crippen molar-refractivity contribution in [2.45, 2.75) is 12.8 Å². The van der Waals surface area contributed by atoms with Gasteiger partial charge in [0.2, 0.25) is 0 Å². The number of hydrogen-bond acceptors (Lipinski definition) is 8. The van der Waals surface area contributed by atoms with Gasteiger partial charge in [-0.2, -0.15) is 13.2 Å². The minimum atomic E-state index is -4.63. The van der Waals surface area contributed by atoms with Crippen molar-refractivity contribution in [2.75, 3.05) is 20.0 Å². The minimum absolute atomic E-state index is 0.0541. The van der Waals surface area contributed by atoms with E-state index in [1.165, 1.54) is 0 Å². The lowest BCUT2D eigenvalue weighted by Gasteiger charge is -2.10. The summed E-state index contributed by atoms with van der Waals surface area (Å²) in [6, 6.07) is 3.64. The van der Waals surface area contributed by atoms with Gasteiger partial charge in [0, 0.05) is 5.56 Å². The van der Waals surface area contributed by atoms with Crippen molar-refractivity contribution < 1.29 is 41.8 Å². The topological polar surface area (TPSA) is 105 Å². The Hall–Kier alpha value is -3.08. The minimum Gasteiger partial charge on any atom is -0.465 e. The summed E-state index contributed by atoms with van der Waals surface area (Å²) in [6.07, 6.45) is -4.63. The lowest BCUT2D eigenvalue weighted by Crippen LogP contribution is -2.13. The van der Waals surface area contributed by atoms with Crippen LogP contribution in [0, 0.1) is 0 Å². The van der Waals surface area contributed by atoms with Gasteiger partial charge in [-0.05, 0) is 18.2 Å². The Morgan fingerprint density at radius 3 is 2.29 bits per heavy atom. The highest BCUT2D eigenvalue weighted by Crippen LogP contribution is 2.33. The molecule has 0 aliphatic heterocycles. The number of methoxy groups -OCH3 is 2. The molecule has 0 aliphatic rings. The maximum absolute atomic E-state index is 12.8. The first-order chi connectivity index (χ1) is 13.1. The molecule has 7 nitrogen and oxygen atoms in total. The van der Waals surface area contributed by atoms with Gasteiger partial charge in [0.1, 0.15) is 22.0 Å². The van der Waals surface area contributed by atoms with Crippen LogP contribution in [0.3, 0.4) is 0 Å². The Balaban J connectivity index is 2.32. The van der Waals surface area contributed by atoms with Crippen LogP contribution >= 0.6 is 11.3 Å². The number of halogens is 3. The van der Waals surface area contributed by atoms with E-state index in [2.05, 4.69) is 9.47 Å². The number of hydrogen-bond donors (Lipinski definition) is 1. The van der Waals surface area contributed by atoms with Gasteiger partial charge in [0.15, 0.2) is 0 Å². The van der Waals surface area contributed by atoms with E-state index in [1.54, 1.807) is 0 Å². The number of carbonyl (C=O) groups is 3. The molecule has 11 heteroatoms. The van der Waals surface area contributed by atoms with Crippen LogP contribution in [0.15, 0.2) is 24.3 Å². The van der Waals surface area contributed by atoms with Crippen LogP contribution in [0.5, 0.6) is 0 Å². The van der Waals surface area contributed by atoms with Gasteiger partial charge in [-0.1, -0.05) is 6.07 Å². The number of thiophene rings is 1. The second-order valence-electron chi connectivity index (χ2n) is 5.29. The summed E-state index contributed by atoms with van der Waals surface area (Å²) in [7, 11) is 2.20. The molecular formula is C17H14F3NO6S. The van der Waals surface area contributed by atoms with Crippen molar-refractivity contribution in [3.8, 4) is 0 Å². The molecule has 2 rings (SSSR count). The Kier molecular flexibility index (Phi) is 6.29. The molecule has 0 radical (unpaired) electrons. The molecule has 0 amide bonds. The molecule has 0 saturated heterocycles. The van der Waals surface area contributed by atoms with Crippen LogP contribution in [-0.4, -0.2) is 32.1 Å². The first-order valence-corrected chi connectivity index (χ1v) is 8.34. The molecule has 0 spiro atoms. The third kappa shape index (κ3) is 4.42. The van der Waals surface area contributed by atoms with Crippen molar-refractivity contribution in [1.29, 1.82) is 0 Å². The van der Waals surface area contributed by atoms with Crippen molar-refractivity contribution in [2.24, 2.45) is 0 Å². The smallest absolute Gasteiger partial charge is 0.416 e. The van der Waals surface area contributed by atoms with Gasteiger partial charge < -0.3 is 19.9 Å². The van der Waals surface area contributed by atoms with Gasteiger partial charge in [0.05, 0.1) is 25.3 Å². The molecule has 2 N–H and O–H groups in total. The normalized spacial score (nSPS) is 11.0. The van der Waals surface area contributed by atoms with Gasteiger partial charge in [-0.25, -0.2) is 14.4 Å². The third-order valence-electron chi connectivity index (χ3n) is 3.57. The first-order valence-electron chi connectivity index (χ1n) is 7.52. The summed E-state index contributed by atoms with van der Waals surface area (Å²) in [5, 5.41) is -0.0580. The zero-order chi connectivity index (χ0) is 21.1. The van der Waals surface area contributed by atoms with E-state index in [9.17, 15) is 27.6 Å². The van der Waals surface area contributed by atoms with Crippen LogP contribution in [-0.2, 0) is 27.0 Å². The molecule has 0 aliphatic carbocycles. The molecule has 0 saturated carbocycles. The van der Waals surface area contributed by atoms with Crippen molar-refractivity contribution in [3.05, 3.63) is 51.4 Å². The number of benzene rings is 1. The zero-order valence-corrected chi connectivity index (χ0v) is 15.4. The number of nitrogen functional groups attached to an aromatic ring is 1. The molecule has 28 heavy (non-hydrogen) atoms. The maximum atomic E-state index is 12.8. The number of rotatable bonds is 5. The lowest BCUT2D eigenvalue weighted by atomic mass is 10.1. The van der Waals surface area contributed by atoms with Gasteiger partial charge in [0.25, 0.3) is 0 Å². The molecule has 0 fully saturated rings. The monoisotopic (exact) mass is 417 g/mol. The number of ether oxygens (including phenoxy) is 3. The fourth-order valence-electron chi connectivity index (χ4n) is 2.25. The van der Waals surface area contributed by atoms with Gasteiger partial charge in [-0.3, -0.25) is 0 Å². The summed E-state index contributed by atoms with van der Waals surface area (Å²) < 4.78 is 52.5. The van der Waals surface area contributed by atoms with E-state index < -0.39 is 36.3 Å². The number of carbonyl (C=O) groups excluding carboxylic acids is 3. The van der Waals surface area contributed by atoms with Crippen LogP contribution in [0.1, 0.15) is 41.5 Å². The van der Waals surface area contributed by atoms with Crippen LogP contribution in [0.25, 0.3) is 0 Å². The molecule has 150 valence electrons. The van der Waals surface area contributed by atoms with Gasteiger partial charge >= 0.3 is 24.1 Å². The molecule has 1 heterocycles. The number of esters is 3. The summed E-state index contributed by atoms with van der Waals surface area (Å²) in [5.74, 6) is -2.77. The summed E-state index contributed by atoms with van der Waals surface area (Å²) in [4.78, 5) is 35.9. The Morgan fingerprint density at radius 1 is 1.07 bits per heavy atom. The molecule has 0 bridgehead atoms. The van der Waals surface area contributed by atoms with Crippen LogP contribution in [0.2, 0.25) is 0 Å². The van der Waals surface area contributed by atoms with Crippen LogP contribution in [0.4, 0.5) is 18.2 Å². The Bertz CT molecular complexity index is 922. The lowest BCUT2D eigenvalue weighted by molar-refractivity contribution is -0.137. The predicted molar refractivity (Wildman–Crippen MR) is 92.0 cm³/mol. The SMILES string of the molecule is COC(=O)c1sc(N)c(C(=O)OC)c1COC(=O)c1cccc(C(F)(F)F)c1. The van der Waals surface area contributed by atoms with Crippen molar-refractivity contribution >= 4 is 34.2 Å². The quantitative estimate of drug-likeness (QED) is 0.588. The molecule has 2 aromatic rings. The third-order valence-corrected chi connectivity index (χ3v) is 4.61. The molecule has 1 aromatic carbocycles. The summed E-state index contributed by atoms with van der Waals surface area (Å²) in [6.45, 7) is -0.600. The molecular weight excluding hydrogens is 403 g/mol. The Labute approximate surface area is 160 Å². The fourth-order valence-corrected chi connectivity index (χ4v) is 3.23. The standard InChI is InChI=1S/C17H14F3NO6S/c1-25-15(23)11-10(12(16(24)26-2)28-13(11)21)7-27-14(22)8-4-3-5-9(6-8)17(18,19)20/h3-6H,7,21H2,1-2H3. The molecule has 0 unspecified atom stereocenters. The molecule has 0 atom stereocenters. The average molecular weight is 417 g/mol. The fraction of sp³-hybridized carbons (Fsp3) is 0.235. The van der Waals surface area contributed by atoms with E-state index in [0.29, 0.717) is 6.07 Å². The summed E-state index contributed by atoms with van der Waals surface area (Å²) in [5.41, 5.74) is 4.14. The molecule has 1 aromatic heterocycles.